The van der Waals surface area contributed by atoms with Crippen molar-refractivity contribution in [2.45, 2.75) is 46.1 Å². The number of carbonyl (C=O) groups is 2. The zero-order valence-electron chi connectivity index (χ0n) is 13.6. The van der Waals surface area contributed by atoms with Gasteiger partial charge in [-0.05, 0) is 39.5 Å². The average Bonchev–Trinajstić information content (AvgIpc) is 2.36. The average molecular weight is 316 g/mol. The summed E-state index contributed by atoms with van der Waals surface area (Å²) in [6, 6.07) is 0. The lowest BCUT2D eigenvalue weighted by atomic mass is 9.99. The molecule has 0 atom stereocenters. The number of carbonyl (C=O) groups excluding carboxylic acids is 2. The molecule has 1 N–H and O–H groups in total. The van der Waals surface area contributed by atoms with E-state index >= 15 is 0 Å². The van der Waals surface area contributed by atoms with E-state index in [0.29, 0.717) is 12.3 Å². The van der Waals surface area contributed by atoms with E-state index in [1.807, 2.05) is 25.7 Å². The normalized spacial score (nSPS) is 16.7. The zero-order valence-corrected chi connectivity index (χ0v) is 14.4. The van der Waals surface area contributed by atoms with Crippen molar-refractivity contribution in [2.75, 3.05) is 31.1 Å². The van der Waals surface area contributed by atoms with Crippen LogP contribution in [0.5, 0.6) is 0 Å². The van der Waals surface area contributed by atoms with Crippen LogP contribution >= 0.6 is 11.8 Å². The third-order valence-corrected chi connectivity index (χ3v) is 4.22. The predicted molar refractivity (Wildman–Crippen MR) is 86.5 cm³/mol. The van der Waals surface area contributed by atoms with E-state index in [0.717, 1.165) is 37.6 Å². The molecule has 0 aromatic heterocycles. The largest absolute Gasteiger partial charge is 0.444 e. The number of amides is 2. The summed E-state index contributed by atoms with van der Waals surface area (Å²) < 4.78 is 5.14. The summed E-state index contributed by atoms with van der Waals surface area (Å²) in [7, 11) is 0. The first-order valence-electron chi connectivity index (χ1n) is 7.60. The molecule has 122 valence electrons. The summed E-state index contributed by atoms with van der Waals surface area (Å²) in [5, 5.41) is 2.69. The van der Waals surface area contributed by atoms with Crippen molar-refractivity contribution < 1.29 is 14.3 Å². The SMILES string of the molecule is CC1CCN(C(=O)CSCCNC(=O)OC(C)(C)C)CC1. The molecule has 1 aliphatic rings. The van der Waals surface area contributed by atoms with Gasteiger partial charge in [-0.1, -0.05) is 6.92 Å². The minimum atomic E-state index is -0.474. The smallest absolute Gasteiger partial charge is 0.407 e. The van der Waals surface area contributed by atoms with Crippen LogP contribution in [-0.4, -0.2) is 53.6 Å². The van der Waals surface area contributed by atoms with Crippen molar-refractivity contribution in [1.29, 1.82) is 0 Å². The van der Waals surface area contributed by atoms with Gasteiger partial charge in [0, 0.05) is 25.4 Å². The van der Waals surface area contributed by atoms with E-state index in [1.54, 1.807) is 11.8 Å². The standard InChI is InChI=1S/C15H28N2O3S/c1-12-5-8-17(9-6-12)13(18)11-21-10-7-16-14(19)20-15(2,3)4/h12H,5-11H2,1-4H3,(H,16,19). The molecule has 0 aromatic carbocycles. The molecule has 5 nitrogen and oxygen atoms in total. The van der Waals surface area contributed by atoms with E-state index in [-0.39, 0.29) is 5.91 Å². The van der Waals surface area contributed by atoms with Crippen molar-refractivity contribution in [1.82, 2.24) is 10.2 Å². The van der Waals surface area contributed by atoms with Gasteiger partial charge in [-0.2, -0.15) is 11.8 Å². The van der Waals surface area contributed by atoms with Gasteiger partial charge in [0.2, 0.25) is 5.91 Å². The summed E-state index contributed by atoms with van der Waals surface area (Å²) in [6.07, 6.45) is 1.81. The van der Waals surface area contributed by atoms with E-state index in [4.69, 9.17) is 4.74 Å². The third-order valence-electron chi connectivity index (χ3n) is 3.28. The zero-order chi connectivity index (χ0) is 15.9. The summed E-state index contributed by atoms with van der Waals surface area (Å²) in [5.41, 5.74) is -0.474. The van der Waals surface area contributed by atoms with Gasteiger partial charge in [-0.25, -0.2) is 4.79 Å². The highest BCUT2D eigenvalue weighted by molar-refractivity contribution is 7.99. The summed E-state index contributed by atoms with van der Waals surface area (Å²) in [4.78, 5) is 25.4. The molecule has 0 bridgehead atoms. The van der Waals surface area contributed by atoms with Crippen LogP contribution in [-0.2, 0) is 9.53 Å². The van der Waals surface area contributed by atoms with E-state index < -0.39 is 11.7 Å². The highest BCUT2D eigenvalue weighted by Crippen LogP contribution is 2.16. The summed E-state index contributed by atoms with van der Waals surface area (Å²) >= 11 is 1.55. The number of alkyl carbamates (subject to hydrolysis) is 1. The molecule has 0 aromatic rings. The maximum Gasteiger partial charge on any atom is 0.407 e. The molecular weight excluding hydrogens is 288 g/mol. The number of likely N-dealkylation sites (tertiary alicyclic amines) is 1. The van der Waals surface area contributed by atoms with Gasteiger partial charge in [-0.3, -0.25) is 4.79 Å². The molecule has 0 aliphatic carbocycles. The quantitative estimate of drug-likeness (QED) is 0.792. The first-order chi connectivity index (χ1) is 9.78. The van der Waals surface area contributed by atoms with Crippen LogP contribution in [0.4, 0.5) is 4.79 Å². The fourth-order valence-corrected chi connectivity index (χ4v) is 2.80. The summed E-state index contributed by atoms with van der Waals surface area (Å²) in [5.74, 6) is 2.16. The van der Waals surface area contributed by atoms with Crippen LogP contribution in [0.1, 0.15) is 40.5 Å². The van der Waals surface area contributed by atoms with E-state index in [2.05, 4.69) is 12.2 Å². The second-order valence-corrected chi connectivity index (χ2v) is 7.65. The molecular formula is C15H28N2O3S. The van der Waals surface area contributed by atoms with Gasteiger partial charge in [0.25, 0.3) is 0 Å². The van der Waals surface area contributed by atoms with Gasteiger partial charge in [0.15, 0.2) is 0 Å². The Morgan fingerprint density at radius 1 is 1.29 bits per heavy atom. The molecule has 1 rings (SSSR count). The number of nitrogens with zero attached hydrogens (tertiary/aromatic N) is 1. The van der Waals surface area contributed by atoms with Gasteiger partial charge in [0.1, 0.15) is 5.60 Å². The molecule has 2 amide bonds. The number of rotatable bonds is 5. The minimum Gasteiger partial charge on any atom is -0.444 e. The Hall–Kier alpha value is -0.910. The second-order valence-electron chi connectivity index (χ2n) is 6.54. The molecule has 1 fully saturated rings. The highest BCUT2D eigenvalue weighted by atomic mass is 32.2. The molecule has 0 saturated carbocycles. The minimum absolute atomic E-state index is 0.212. The first-order valence-corrected chi connectivity index (χ1v) is 8.76. The maximum atomic E-state index is 12.0. The monoisotopic (exact) mass is 316 g/mol. The lowest BCUT2D eigenvalue weighted by Crippen LogP contribution is -2.39. The third kappa shape index (κ3) is 8.19. The van der Waals surface area contributed by atoms with Gasteiger partial charge >= 0.3 is 6.09 Å². The molecule has 21 heavy (non-hydrogen) atoms. The van der Waals surface area contributed by atoms with Crippen LogP contribution in [0.2, 0.25) is 0 Å². The van der Waals surface area contributed by atoms with Crippen molar-refractivity contribution >= 4 is 23.8 Å². The summed E-state index contributed by atoms with van der Waals surface area (Å²) in [6.45, 7) is 10.0. The number of thioether (sulfide) groups is 1. The van der Waals surface area contributed by atoms with Crippen molar-refractivity contribution in [3.63, 3.8) is 0 Å². The predicted octanol–water partition coefficient (Wildman–Crippen LogP) is 2.50. The van der Waals surface area contributed by atoms with Crippen LogP contribution < -0.4 is 5.32 Å². The van der Waals surface area contributed by atoms with E-state index in [9.17, 15) is 9.59 Å². The Kier molecular flexibility index (Phi) is 7.35. The molecule has 1 aliphatic heterocycles. The lowest BCUT2D eigenvalue weighted by Gasteiger charge is -2.30. The Morgan fingerprint density at radius 3 is 2.48 bits per heavy atom. The van der Waals surface area contributed by atoms with Gasteiger partial charge in [0.05, 0.1) is 5.75 Å². The fourth-order valence-electron chi connectivity index (χ4n) is 2.05. The molecule has 1 heterocycles. The second kappa shape index (κ2) is 8.51. The number of hydrogen-bond acceptors (Lipinski definition) is 4. The topological polar surface area (TPSA) is 58.6 Å². The fraction of sp³-hybridized carbons (Fsp3) is 0.867. The van der Waals surface area contributed by atoms with Crippen molar-refractivity contribution in [2.24, 2.45) is 5.92 Å². The van der Waals surface area contributed by atoms with Crippen LogP contribution in [0, 0.1) is 5.92 Å². The Labute approximate surface area is 132 Å². The number of hydrogen-bond donors (Lipinski definition) is 1. The lowest BCUT2D eigenvalue weighted by molar-refractivity contribution is -0.129. The molecule has 6 heteroatoms. The maximum absolute atomic E-state index is 12.0. The van der Waals surface area contributed by atoms with Crippen LogP contribution in [0.15, 0.2) is 0 Å². The highest BCUT2D eigenvalue weighted by Gasteiger charge is 2.20. The van der Waals surface area contributed by atoms with Crippen LogP contribution in [0.3, 0.4) is 0 Å². The number of piperidine rings is 1. The van der Waals surface area contributed by atoms with E-state index in [1.165, 1.54) is 0 Å². The number of ether oxygens (including phenoxy) is 1. The number of nitrogens with one attached hydrogen (secondary N) is 1. The Bertz CT molecular complexity index is 347. The molecule has 1 saturated heterocycles. The van der Waals surface area contributed by atoms with Crippen molar-refractivity contribution in [3.8, 4) is 0 Å². The first kappa shape index (κ1) is 18.1. The molecule has 0 spiro atoms. The van der Waals surface area contributed by atoms with Crippen LogP contribution in [0.25, 0.3) is 0 Å². The van der Waals surface area contributed by atoms with Crippen molar-refractivity contribution in [3.05, 3.63) is 0 Å². The Balaban J connectivity index is 2.06. The van der Waals surface area contributed by atoms with Gasteiger partial charge < -0.3 is 15.0 Å². The molecule has 0 unspecified atom stereocenters. The van der Waals surface area contributed by atoms with Gasteiger partial charge in [-0.15, -0.1) is 0 Å². The Morgan fingerprint density at radius 2 is 1.90 bits per heavy atom. The molecule has 0 radical (unpaired) electrons.